The highest BCUT2D eigenvalue weighted by Gasteiger charge is 2.34. The lowest BCUT2D eigenvalue weighted by molar-refractivity contribution is -0.138. The number of ketones is 1. The van der Waals surface area contributed by atoms with Crippen molar-refractivity contribution in [3.63, 3.8) is 0 Å². The van der Waals surface area contributed by atoms with Crippen molar-refractivity contribution in [2.75, 3.05) is 0 Å². The Bertz CT molecular complexity index is 639. The fourth-order valence-electron chi connectivity index (χ4n) is 2.56. The molecule has 1 aromatic heterocycles. The SMILES string of the molecule is O=C(c1ccccc1)c1occ2c1CCC2C(=O)O. The number of rotatable bonds is 3. The molecule has 0 saturated carbocycles. The van der Waals surface area contributed by atoms with Crippen LogP contribution in [0.3, 0.4) is 0 Å². The number of benzene rings is 1. The molecule has 1 aromatic carbocycles. The van der Waals surface area contributed by atoms with Gasteiger partial charge in [0.25, 0.3) is 0 Å². The van der Waals surface area contributed by atoms with Gasteiger partial charge in [0.15, 0.2) is 5.76 Å². The monoisotopic (exact) mass is 256 g/mol. The van der Waals surface area contributed by atoms with E-state index >= 15 is 0 Å². The average Bonchev–Trinajstić information content (AvgIpc) is 2.99. The number of carboxylic acid groups (broad SMARTS) is 1. The fourth-order valence-corrected chi connectivity index (χ4v) is 2.56. The van der Waals surface area contributed by atoms with Crippen molar-refractivity contribution in [1.82, 2.24) is 0 Å². The van der Waals surface area contributed by atoms with Crippen molar-refractivity contribution >= 4 is 11.8 Å². The number of hydrogen-bond acceptors (Lipinski definition) is 3. The molecule has 19 heavy (non-hydrogen) atoms. The smallest absolute Gasteiger partial charge is 0.311 e. The number of carboxylic acids is 1. The molecule has 0 amide bonds. The summed E-state index contributed by atoms with van der Waals surface area (Å²) in [6, 6.07) is 8.86. The first-order chi connectivity index (χ1) is 9.18. The fraction of sp³-hybridized carbons (Fsp3) is 0.200. The summed E-state index contributed by atoms with van der Waals surface area (Å²) in [5.41, 5.74) is 1.95. The minimum absolute atomic E-state index is 0.187. The summed E-state index contributed by atoms with van der Waals surface area (Å²) in [4.78, 5) is 23.4. The zero-order valence-electron chi connectivity index (χ0n) is 10.1. The second-order valence-corrected chi connectivity index (χ2v) is 4.62. The van der Waals surface area contributed by atoms with Crippen LogP contribution in [0, 0.1) is 0 Å². The minimum atomic E-state index is -0.863. The Morgan fingerprint density at radius 2 is 1.95 bits per heavy atom. The minimum Gasteiger partial charge on any atom is -0.481 e. The van der Waals surface area contributed by atoms with E-state index < -0.39 is 11.9 Å². The lowest BCUT2D eigenvalue weighted by Crippen LogP contribution is -2.06. The number of aliphatic carboxylic acids is 1. The first kappa shape index (κ1) is 11.7. The quantitative estimate of drug-likeness (QED) is 0.857. The molecule has 0 bridgehead atoms. The highest BCUT2D eigenvalue weighted by atomic mass is 16.4. The molecule has 1 aliphatic rings. The molecule has 3 rings (SSSR count). The summed E-state index contributed by atoms with van der Waals surface area (Å²) in [6.45, 7) is 0. The van der Waals surface area contributed by atoms with E-state index in [0.29, 0.717) is 24.0 Å². The summed E-state index contributed by atoms with van der Waals surface area (Å²) < 4.78 is 5.32. The van der Waals surface area contributed by atoms with Crippen LogP contribution in [0.4, 0.5) is 0 Å². The highest BCUT2D eigenvalue weighted by Crippen LogP contribution is 2.37. The van der Waals surface area contributed by atoms with Crippen LogP contribution in [0.2, 0.25) is 0 Å². The third-order valence-electron chi connectivity index (χ3n) is 3.53. The molecule has 2 aromatic rings. The Hall–Kier alpha value is -2.36. The van der Waals surface area contributed by atoms with Crippen LogP contribution in [-0.2, 0) is 11.2 Å². The maximum atomic E-state index is 12.3. The van der Waals surface area contributed by atoms with Gasteiger partial charge in [-0.25, -0.2) is 0 Å². The van der Waals surface area contributed by atoms with E-state index in [2.05, 4.69) is 0 Å². The van der Waals surface area contributed by atoms with Crippen molar-refractivity contribution in [3.05, 3.63) is 59.0 Å². The number of fused-ring (bicyclic) bond motifs is 1. The Morgan fingerprint density at radius 1 is 1.21 bits per heavy atom. The molecule has 1 aliphatic carbocycles. The maximum Gasteiger partial charge on any atom is 0.311 e. The first-order valence-corrected chi connectivity index (χ1v) is 6.11. The van der Waals surface area contributed by atoms with Crippen LogP contribution >= 0.6 is 0 Å². The van der Waals surface area contributed by atoms with Crippen LogP contribution in [0.1, 0.15) is 39.6 Å². The van der Waals surface area contributed by atoms with E-state index in [1.807, 2.05) is 6.07 Å². The molecule has 4 heteroatoms. The van der Waals surface area contributed by atoms with Gasteiger partial charge in [-0.05, 0) is 12.8 Å². The van der Waals surface area contributed by atoms with E-state index in [9.17, 15) is 9.59 Å². The predicted molar refractivity (Wildman–Crippen MR) is 67.3 cm³/mol. The summed E-state index contributed by atoms with van der Waals surface area (Å²) in [7, 11) is 0. The molecular weight excluding hydrogens is 244 g/mol. The van der Waals surface area contributed by atoms with Crippen LogP contribution in [0.25, 0.3) is 0 Å². The van der Waals surface area contributed by atoms with Gasteiger partial charge in [-0.2, -0.15) is 0 Å². The number of carbonyl (C=O) groups excluding carboxylic acids is 1. The number of hydrogen-bond donors (Lipinski definition) is 1. The molecule has 0 fully saturated rings. The van der Waals surface area contributed by atoms with Gasteiger partial charge in [-0.3, -0.25) is 9.59 Å². The van der Waals surface area contributed by atoms with Crippen LogP contribution < -0.4 is 0 Å². The molecule has 1 atom stereocenters. The Morgan fingerprint density at radius 3 is 2.63 bits per heavy atom. The molecule has 0 radical (unpaired) electrons. The van der Waals surface area contributed by atoms with Gasteiger partial charge in [-0.15, -0.1) is 0 Å². The zero-order valence-corrected chi connectivity index (χ0v) is 10.1. The molecule has 0 spiro atoms. The standard InChI is InChI=1S/C15H12O4/c16-13(9-4-2-1-3-5-9)14-10-6-7-11(15(17)18)12(10)8-19-14/h1-5,8,11H,6-7H2,(H,17,18). The van der Waals surface area contributed by atoms with E-state index in [1.54, 1.807) is 24.3 Å². The topological polar surface area (TPSA) is 67.5 Å². The summed E-state index contributed by atoms with van der Waals surface area (Å²) in [5, 5.41) is 9.10. The van der Waals surface area contributed by atoms with Crippen LogP contribution in [0.15, 0.2) is 41.0 Å². The second kappa shape index (κ2) is 4.39. The molecule has 96 valence electrons. The average molecular weight is 256 g/mol. The van der Waals surface area contributed by atoms with Crippen molar-refractivity contribution in [2.24, 2.45) is 0 Å². The van der Waals surface area contributed by atoms with Gasteiger partial charge >= 0.3 is 5.97 Å². The number of furan rings is 1. The Labute approximate surface area is 109 Å². The Balaban J connectivity index is 1.99. The molecular formula is C15H12O4. The van der Waals surface area contributed by atoms with Crippen molar-refractivity contribution in [1.29, 1.82) is 0 Å². The third kappa shape index (κ3) is 1.85. The second-order valence-electron chi connectivity index (χ2n) is 4.62. The molecule has 0 saturated heterocycles. The molecule has 0 aliphatic heterocycles. The molecule has 1 heterocycles. The van der Waals surface area contributed by atoms with Gasteiger partial charge in [0.2, 0.25) is 5.78 Å². The third-order valence-corrected chi connectivity index (χ3v) is 3.53. The molecule has 4 nitrogen and oxygen atoms in total. The van der Waals surface area contributed by atoms with Gasteiger partial charge in [-0.1, -0.05) is 30.3 Å². The molecule has 1 unspecified atom stereocenters. The van der Waals surface area contributed by atoms with Crippen molar-refractivity contribution < 1.29 is 19.1 Å². The first-order valence-electron chi connectivity index (χ1n) is 6.11. The predicted octanol–water partition coefficient (Wildman–Crippen LogP) is 2.62. The van der Waals surface area contributed by atoms with Gasteiger partial charge < -0.3 is 9.52 Å². The normalized spacial score (nSPS) is 17.2. The summed E-state index contributed by atoms with van der Waals surface area (Å²) >= 11 is 0. The Kier molecular flexibility index (Phi) is 2.71. The maximum absolute atomic E-state index is 12.3. The largest absolute Gasteiger partial charge is 0.481 e. The van der Waals surface area contributed by atoms with Gasteiger partial charge in [0, 0.05) is 16.7 Å². The van der Waals surface area contributed by atoms with Crippen molar-refractivity contribution in [2.45, 2.75) is 18.8 Å². The summed E-state index contributed by atoms with van der Waals surface area (Å²) in [6.07, 6.45) is 2.53. The van der Waals surface area contributed by atoms with Crippen molar-refractivity contribution in [3.8, 4) is 0 Å². The van der Waals surface area contributed by atoms with E-state index in [1.165, 1.54) is 6.26 Å². The lowest BCUT2D eigenvalue weighted by atomic mass is 10.0. The highest BCUT2D eigenvalue weighted by molar-refractivity contribution is 6.08. The van der Waals surface area contributed by atoms with E-state index in [4.69, 9.17) is 9.52 Å². The number of carbonyl (C=O) groups is 2. The van der Waals surface area contributed by atoms with E-state index in [-0.39, 0.29) is 11.5 Å². The lowest BCUT2D eigenvalue weighted by Gasteiger charge is -1.99. The van der Waals surface area contributed by atoms with E-state index in [0.717, 1.165) is 5.56 Å². The summed E-state index contributed by atoms with van der Waals surface area (Å²) in [5.74, 6) is -1.31. The van der Waals surface area contributed by atoms with Crippen LogP contribution in [-0.4, -0.2) is 16.9 Å². The zero-order chi connectivity index (χ0) is 13.4. The van der Waals surface area contributed by atoms with Crippen LogP contribution in [0.5, 0.6) is 0 Å². The van der Waals surface area contributed by atoms with Gasteiger partial charge in [0.05, 0.1) is 12.2 Å². The van der Waals surface area contributed by atoms with Gasteiger partial charge in [0.1, 0.15) is 0 Å². The molecule has 1 N–H and O–H groups in total.